The highest BCUT2D eigenvalue weighted by Gasteiger charge is 2.24. The van der Waals surface area contributed by atoms with Crippen LogP contribution in [0.2, 0.25) is 10.0 Å². The van der Waals surface area contributed by atoms with Crippen molar-refractivity contribution in [3.8, 4) is 0 Å². The lowest BCUT2D eigenvalue weighted by molar-refractivity contribution is 0.315. The second-order valence-corrected chi connectivity index (χ2v) is 6.94. The number of allylic oxidation sites excluding steroid dienone is 2. The zero-order valence-electron chi connectivity index (χ0n) is 16.2. The molecule has 1 aliphatic rings. The van der Waals surface area contributed by atoms with Gasteiger partial charge < -0.3 is 15.2 Å². The van der Waals surface area contributed by atoms with Crippen LogP contribution in [0.1, 0.15) is 44.0 Å². The Morgan fingerprint density at radius 2 is 2.12 bits per heavy atom. The Bertz CT molecular complexity index is 805. The lowest BCUT2D eigenvalue weighted by Gasteiger charge is -2.30. The Kier molecular flexibility index (Phi) is 7.48. The van der Waals surface area contributed by atoms with Gasteiger partial charge in [-0.05, 0) is 30.7 Å². The third-order valence-corrected chi connectivity index (χ3v) is 5.49. The maximum absolute atomic E-state index is 6.48. The fourth-order valence-corrected chi connectivity index (χ4v) is 3.80. The normalized spacial score (nSPS) is 13.5. The summed E-state index contributed by atoms with van der Waals surface area (Å²) in [6.45, 7) is 12.2. The molecular weight excluding hydrogens is 365 g/mol. The number of rotatable bonds is 5. The van der Waals surface area contributed by atoms with Gasteiger partial charge in [-0.3, -0.25) is 0 Å². The van der Waals surface area contributed by atoms with E-state index in [2.05, 4.69) is 34.8 Å². The van der Waals surface area contributed by atoms with E-state index in [1.165, 1.54) is 27.9 Å². The molecule has 0 saturated carbocycles. The maximum Gasteiger partial charge on any atom is 0.0833 e. The summed E-state index contributed by atoms with van der Waals surface area (Å²) in [4.78, 5) is 5.89. The number of nitrogens with zero attached hydrogens (tertiary/aromatic N) is 1. The minimum atomic E-state index is 0.602. The molecule has 26 heavy (non-hydrogen) atoms. The molecule has 0 unspecified atom stereocenters. The Hall–Kier alpha value is -1.58. The van der Waals surface area contributed by atoms with Gasteiger partial charge in [-0.2, -0.15) is 0 Å². The van der Waals surface area contributed by atoms with Crippen molar-refractivity contribution in [1.29, 1.82) is 0 Å². The van der Waals surface area contributed by atoms with Crippen molar-refractivity contribution in [2.75, 3.05) is 13.6 Å². The first-order chi connectivity index (χ1) is 12.6. The summed E-state index contributed by atoms with van der Waals surface area (Å²) in [7, 11) is 1.90. The number of fused-ring (bicyclic) bond motifs is 3. The standard InChI is InChI=1S/C19H23Cl2N3.C2H6/c1-4-12(2)24-9-7-16-14(11-24)17-13(6-5-8-22-3)10-15(20)18(21)19(17)23-16;1-2/h5,8,10,22-23H,2,4,6-7,9,11H2,1,3H3;1-2H3/b8-5-;. The number of nitrogens with one attached hydrogen (secondary N) is 2. The first-order valence-electron chi connectivity index (χ1n) is 9.32. The molecule has 3 rings (SSSR count). The van der Waals surface area contributed by atoms with Crippen molar-refractivity contribution in [2.45, 2.75) is 46.6 Å². The maximum atomic E-state index is 6.48. The van der Waals surface area contributed by atoms with Crippen LogP contribution in [-0.2, 0) is 19.4 Å². The first-order valence-corrected chi connectivity index (χ1v) is 10.1. The van der Waals surface area contributed by atoms with Crippen molar-refractivity contribution >= 4 is 34.1 Å². The third-order valence-electron chi connectivity index (χ3n) is 4.70. The van der Waals surface area contributed by atoms with Gasteiger partial charge in [0.1, 0.15) is 0 Å². The van der Waals surface area contributed by atoms with E-state index in [4.69, 9.17) is 23.2 Å². The minimum Gasteiger partial charge on any atom is -0.394 e. The SMILES string of the molecule is C=C(CC)N1CCc2[nH]c3c(Cl)c(Cl)cc(C/C=C\NC)c3c2C1.CC. The van der Waals surface area contributed by atoms with Crippen molar-refractivity contribution in [3.05, 3.63) is 57.5 Å². The molecule has 142 valence electrons. The zero-order chi connectivity index (χ0) is 19.3. The number of aromatic nitrogens is 1. The monoisotopic (exact) mass is 393 g/mol. The predicted octanol–water partition coefficient (Wildman–Crippen LogP) is 6.06. The van der Waals surface area contributed by atoms with Crippen molar-refractivity contribution in [1.82, 2.24) is 15.2 Å². The van der Waals surface area contributed by atoms with Gasteiger partial charge in [-0.25, -0.2) is 0 Å². The van der Waals surface area contributed by atoms with Gasteiger partial charge in [-0.15, -0.1) is 0 Å². The van der Waals surface area contributed by atoms with Gasteiger partial charge in [0.2, 0.25) is 0 Å². The summed E-state index contributed by atoms with van der Waals surface area (Å²) >= 11 is 12.8. The minimum absolute atomic E-state index is 0.602. The molecule has 0 saturated heterocycles. The zero-order valence-corrected chi connectivity index (χ0v) is 17.7. The first kappa shape index (κ1) is 20.7. The fourth-order valence-electron chi connectivity index (χ4n) is 3.38. The van der Waals surface area contributed by atoms with E-state index in [-0.39, 0.29) is 0 Å². The average Bonchev–Trinajstić information content (AvgIpc) is 3.06. The number of halogens is 2. The summed E-state index contributed by atoms with van der Waals surface area (Å²) in [6.07, 6.45) is 6.81. The summed E-state index contributed by atoms with van der Waals surface area (Å²) in [5.41, 5.74) is 5.95. The molecular formula is C21H29Cl2N3. The molecule has 2 heterocycles. The summed E-state index contributed by atoms with van der Waals surface area (Å²) in [6, 6.07) is 1.99. The van der Waals surface area contributed by atoms with Gasteiger partial charge in [-0.1, -0.05) is 56.6 Å². The highest BCUT2D eigenvalue weighted by Crippen LogP contribution is 2.39. The van der Waals surface area contributed by atoms with Crippen LogP contribution in [0.3, 0.4) is 0 Å². The number of hydrogen-bond donors (Lipinski definition) is 2. The molecule has 0 fully saturated rings. The van der Waals surface area contributed by atoms with Gasteiger partial charge in [0.05, 0.1) is 15.6 Å². The summed E-state index contributed by atoms with van der Waals surface area (Å²) in [5, 5.41) is 5.46. The topological polar surface area (TPSA) is 31.1 Å². The highest BCUT2D eigenvalue weighted by atomic mass is 35.5. The molecule has 2 aromatic rings. The molecule has 3 nitrogen and oxygen atoms in total. The van der Waals surface area contributed by atoms with Crippen molar-refractivity contribution < 1.29 is 0 Å². The summed E-state index contributed by atoms with van der Waals surface area (Å²) in [5.74, 6) is 0. The molecule has 1 aromatic heterocycles. The van der Waals surface area contributed by atoms with Crippen LogP contribution in [0.25, 0.3) is 10.9 Å². The largest absolute Gasteiger partial charge is 0.394 e. The van der Waals surface area contributed by atoms with Crippen LogP contribution in [-0.4, -0.2) is 23.5 Å². The van der Waals surface area contributed by atoms with Crippen LogP contribution in [0, 0.1) is 0 Å². The van der Waals surface area contributed by atoms with E-state index in [0.717, 1.165) is 37.9 Å². The molecule has 1 aromatic carbocycles. The van der Waals surface area contributed by atoms with Crippen molar-refractivity contribution in [2.24, 2.45) is 0 Å². The van der Waals surface area contributed by atoms with E-state index in [1.54, 1.807) is 0 Å². The van der Waals surface area contributed by atoms with Gasteiger partial charge in [0, 0.05) is 48.9 Å². The quantitative estimate of drug-likeness (QED) is 0.646. The molecule has 0 bridgehead atoms. The van der Waals surface area contributed by atoms with Crippen LogP contribution < -0.4 is 5.32 Å². The lowest BCUT2D eigenvalue weighted by Crippen LogP contribution is -2.29. The number of H-pyrrole nitrogens is 1. The van der Waals surface area contributed by atoms with E-state index < -0.39 is 0 Å². The van der Waals surface area contributed by atoms with E-state index >= 15 is 0 Å². The van der Waals surface area contributed by atoms with Crippen LogP contribution in [0.5, 0.6) is 0 Å². The van der Waals surface area contributed by atoms with E-state index in [9.17, 15) is 0 Å². The predicted molar refractivity (Wildman–Crippen MR) is 115 cm³/mol. The van der Waals surface area contributed by atoms with E-state index in [1.807, 2.05) is 33.2 Å². The number of benzene rings is 1. The Balaban J connectivity index is 0.00000117. The molecule has 5 heteroatoms. The second-order valence-electron chi connectivity index (χ2n) is 6.15. The highest BCUT2D eigenvalue weighted by molar-refractivity contribution is 6.45. The molecule has 0 amide bonds. The van der Waals surface area contributed by atoms with Crippen molar-refractivity contribution in [3.63, 3.8) is 0 Å². The lowest BCUT2D eigenvalue weighted by atomic mass is 9.98. The molecule has 0 aliphatic carbocycles. The smallest absolute Gasteiger partial charge is 0.0833 e. The number of aromatic amines is 1. The second kappa shape index (κ2) is 9.38. The molecule has 0 atom stereocenters. The van der Waals surface area contributed by atoms with Gasteiger partial charge in [0.25, 0.3) is 0 Å². The molecule has 1 aliphatic heterocycles. The fraction of sp³-hybridized carbons (Fsp3) is 0.429. The number of hydrogen-bond acceptors (Lipinski definition) is 2. The molecule has 0 radical (unpaired) electrons. The Morgan fingerprint density at radius 3 is 2.77 bits per heavy atom. The Labute approximate surface area is 167 Å². The average molecular weight is 394 g/mol. The Morgan fingerprint density at radius 1 is 1.38 bits per heavy atom. The summed E-state index contributed by atoms with van der Waals surface area (Å²) < 4.78 is 0. The molecule has 0 spiro atoms. The van der Waals surface area contributed by atoms with Gasteiger partial charge >= 0.3 is 0 Å². The van der Waals surface area contributed by atoms with Crippen LogP contribution >= 0.6 is 23.2 Å². The van der Waals surface area contributed by atoms with Crippen LogP contribution in [0.15, 0.2) is 30.6 Å². The van der Waals surface area contributed by atoms with E-state index in [0.29, 0.717) is 10.0 Å². The molecule has 2 N–H and O–H groups in total. The van der Waals surface area contributed by atoms with Crippen LogP contribution in [0.4, 0.5) is 0 Å². The van der Waals surface area contributed by atoms with Gasteiger partial charge in [0.15, 0.2) is 0 Å². The third kappa shape index (κ3) is 4.05.